The van der Waals surface area contributed by atoms with E-state index in [1.54, 1.807) is 54.2 Å². The smallest absolute Gasteiger partial charge is 0.253 e. The SMILES string of the molecule is CN(c1ccccc1C(=O)NCCSCc1c(Cl)cccc1Cl)S(C)(=O)=O. The van der Waals surface area contributed by atoms with Crippen LogP contribution in [0.3, 0.4) is 0 Å². The molecule has 0 bridgehead atoms. The number of carbonyl (C=O) groups is 1. The second-order valence-electron chi connectivity index (χ2n) is 5.76. The Bertz CT molecular complexity index is 900. The average molecular weight is 447 g/mol. The van der Waals surface area contributed by atoms with Crippen LogP contribution in [0.15, 0.2) is 42.5 Å². The van der Waals surface area contributed by atoms with Crippen LogP contribution in [0.25, 0.3) is 0 Å². The molecule has 0 atom stereocenters. The number of benzene rings is 2. The fourth-order valence-corrected chi connectivity index (χ4v) is 4.41. The Kier molecular flexibility index (Phi) is 7.85. The molecular weight excluding hydrogens is 427 g/mol. The Hall–Kier alpha value is -1.41. The standard InChI is InChI=1S/C18H20Cl2N2O3S2/c1-22(27(2,24)25)17-9-4-3-6-13(17)18(23)21-10-11-26-12-14-15(19)7-5-8-16(14)20/h3-9H,10-12H2,1-2H3,(H,21,23). The first-order chi connectivity index (χ1) is 12.7. The third kappa shape index (κ3) is 6.04. The minimum atomic E-state index is -3.46. The molecule has 1 N–H and O–H groups in total. The molecule has 2 aromatic rings. The number of nitrogens with one attached hydrogen (secondary N) is 1. The van der Waals surface area contributed by atoms with Gasteiger partial charge in [0.25, 0.3) is 5.91 Å². The largest absolute Gasteiger partial charge is 0.351 e. The van der Waals surface area contributed by atoms with Crippen molar-refractivity contribution in [3.8, 4) is 0 Å². The molecule has 0 saturated heterocycles. The number of carbonyl (C=O) groups excluding carboxylic acids is 1. The summed E-state index contributed by atoms with van der Waals surface area (Å²) >= 11 is 13.9. The number of anilines is 1. The molecule has 2 aromatic carbocycles. The van der Waals surface area contributed by atoms with Crippen molar-refractivity contribution in [2.75, 3.05) is 29.9 Å². The van der Waals surface area contributed by atoms with E-state index in [1.165, 1.54) is 7.05 Å². The third-order valence-corrected chi connectivity index (χ3v) is 6.71. The molecule has 1 amide bonds. The van der Waals surface area contributed by atoms with Crippen LogP contribution in [-0.4, -0.2) is 39.9 Å². The average Bonchev–Trinajstić information content (AvgIpc) is 2.62. The molecule has 2 rings (SSSR count). The van der Waals surface area contributed by atoms with E-state index in [4.69, 9.17) is 23.2 Å². The summed E-state index contributed by atoms with van der Waals surface area (Å²) in [5.41, 5.74) is 1.52. The van der Waals surface area contributed by atoms with Crippen molar-refractivity contribution in [2.24, 2.45) is 0 Å². The van der Waals surface area contributed by atoms with Crippen molar-refractivity contribution in [1.29, 1.82) is 0 Å². The maximum Gasteiger partial charge on any atom is 0.253 e. The van der Waals surface area contributed by atoms with Crippen molar-refractivity contribution >= 4 is 56.6 Å². The Morgan fingerprint density at radius 2 is 1.74 bits per heavy atom. The van der Waals surface area contributed by atoms with Gasteiger partial charge in [0.1, 0.15) is 0 Å². The van der Waals surface area contributed by atoms with Gasteiger partial charge in [0.05, 0.1) is 17.5 Å². The highest BCUT2D eigenvalue weighted by molar-refractivity contribution is 7.98. The molecular formula is C18H20Cl2N2O3S2. The van der Waals surface area contributed by atoms with Crippen LogP contribution in [-0.2, 0) is 15.8 Å². The molecule has 0 aliphatic heterocycles. The Balaban J connectivity index is 1.92. The van der Waals surface area contributed by atoms with Crippen LogP contribution in [0.4, 0.5) is 5.69 Å². The van der Waals surface area contributed by atoms with Crippen LogP contribution in [0, 0.1) is 0 Å². The molecule has 9 heteroatoms. The first kappa shape index (κ1) is 21.9. The minimum absolute atomic E-state index is 0.310. The lowest BCUT2D eigenvalue weighted by Crippen LogP contribution is -2.30. The van der Waals surface area contributed by atoms with E-state index in [9.17, 15) is 13.2 Å². The van der Waals surface area contributed by atoms with Crippen molar-refractivity contribution in [3.05, 3.63) is 63.6 Å². The molecule has 0 radical (unpaired) electrons. The lowest BCUT2D eigenvalue weighted by molar-refractivity contribution is 0.0957. The van der Waals surface area contributed by atoms with E-state index < -0.39 is 10.0 Å². The van der Waals surface area contributed by atoms with E-state index in [0.29, 0.717) is 39.3 Å². The lowest BCUT2D eigenvalue weighted by atomic mass is 10.1. The maximum absolute atomic E-state index is 12.5. The quantitative estimate of drug-likeness (QED) is 0.620. The molecule has 0 aliphatic rings. The highest BCUT2D eigenvalue weighted by Gasteiger charge is 2.19. The van der Waals surface area contributed by atoms with E-state index in [1.807, 2.05) is 0 Å². The van der Waals surface area contributed by atoms with E-state index in [0.717, 1.165) is 16.1 Å². The molecule has 0 unspecified atom stereocenters. The number of hydrogen-bond acceptors (Lipinski definition) is 4. The van der Waals surface area contributed by atoms with Gasteiger partial charge >= 0.3 is 0 Å². The molecule has 0 spiro atoms. The maximum atomic E-state index is 12.5. The Labute approximate surface area is 174 Å². The predicted molar refractivity (Wildman–Crippen MR) is 115 cm³/mol. The van der Waals surface area contributed by atoms with Crippen LogP contribution < -0.4 is 9.62 Å². The number of rotatable bonds is 8. The Morgan fingerprint density at radius 1 is 1.11 bits per heavy atom. The normalized spacial score (nSPS) is 11.3. The molecule has 0 aromatic heterocycles. The lowest BCUT2D eigenvalue weighted by Gasteiger charge is -2.19. The van der Waals surface area contributed by atoms with Gasteiger partial charge in [-0.3, -0.25) is 9.10 Å². The number of nitrogens with zero attached hydrogens (tertiary/aromatic N) is 1. The predicted octanol–water partition coefficient (Wildman–Crippen LogP) is 4.05. The summed E-state index contributed by atoms with van der Waals surface area (Å²) in [7, 11) is -2.03. The van der Waals surface area contributed by atoms with Gasteiger partial charge in [-0.25, -0.2) is 8.42 Å². The highest BCUT2D eigenvalue weighted by atomic mass is 35.5. The fraction of sp³-hybridized carbons (Fsp3) is 0.278. The summed E-state index contributed by atoms with van der Waals surface area (Å²) in [5.74, 6) is 0.983. The van der Waals surface area contributed by atoms with Gasteiger partial charge < -0.3 is 5.32 Å². The molecule has 5 nitrogen and oxygen atoms in total. The number of amides is 1. The monoisotopic (exact) mass is 446 g/mol. The summed E-state index contributed by atoms with van der Waals surface area (Å²) in [4.78, 5) is 12.5. The third-order valence-electron chi connectivity index (χ3n) is 3.83. The second-order valence-corrected chi connectivity index (χ2v) is 9.69. The summed E-state index contributed by atoms with van der Waals surface area (Å²) in [5, 5.41) is 4.06. The molecule has 0 aliphatic carbocycles. The summed E-state index contributed by atoms with van der Waals surface area (Å²) in [6, 6.07) is 12.0. The topological polar surface area (TPSA) is 66.5 Å². The number of hydrogen-bond donors (Lipinski definition) is 1. The number of para-hydroxylation sites is 1. The first-order valence-electron chi connectivity index (χ1n) is 8.03. The number of sulfonamides is 1. The first-order valence-corrected chi connectivity index (χ1v) is 11.8. The minimum Gasteiger partial charge on any atom is -0.351 e. The number of halogens is 2. The van der Waals surface area contributed by atoms with Gasteiger partial charge in [-0.05, 0) is 29.8 Å². The zero-order valence-corrected chi connectivity index (χ0v) is 18.1. The number of thioether (sulfide) groups is 1. The summed E-state index contributed by atoms with van der Waals surface area (Å²) in [6.07, 6.45) is 1.10. The van der Waals surface area contributed by atoms with Crippen molar-refractivity contribution in [1.82, 2.24) is 5.32 Å². The van der Waals surface area contributed by atoms with Gasteiger partial charge in [0, 0.05) is 35.1 Å². The van der Waals surface area contributed by atoms with Crippen LogP contribution in [0.2, 0.25) is 10.0 Å². The zero-order valence-electron chi connectivity index (χ0n) is 14.9. The van der Waals surface area contributed by atoms with Crippen molar-refractivity contribution in [3.63, 3.8) is 0 Å². The van der Waals surface area contributed by atoms with Crippen molar-refractivity contribution < 1.29 is 13.2 Å². The van der Waals surface area contributed by atoms with Crippen molar-refractivity contribution in [2.45, 2.75) is 5.75 Å². The summed E-state index contributed by atoms with van der Waals surface area (Å²) < 4.78 is 24.6. The second kappa shape index (κ2) is 9.68. The zero-order chi connectivity index (χ0) is 20.0. The highest BCUT2D eigenvalue weighted by Crippen LogP contribution is 2.28. The molecule has 146 valence electrons. The molecule has 0 fully saturated rings. The molecule has 0 saturated carbocycles. The van der Waals surface area contributed by atoms with Gasteiger partial charge in [-0.1, -0.05) is 41.4 Å². The summed E-state index contributed by atoms with van der Waals surface area (Å²) in [6.45, 7) is 0.433. The van der Waals surface area contributed by atoms with Crippen LogP contribution in [0.5, 0.6) is 0 Å². The molecule has 0 heterocycles. The van der Waals surface area contributed by atoms with Gasteiger partial charge in [-0.2, -0.15) is 11.8 Å². The van der Waals surface area contributed by atoms with E-state index in [-0.39, 0.29) is 5.91 Å². The van der Waals surface area contributed by atoms with Gasteiger partial charge in [0.15, 0.2) is 0 Å². The van der Waals surface area contributed by atoms with Crippen LogP contribution >= 0.6 is 35.0 Å². The van der Waals surface area contributed by atoms with Gasteiger partial charge in [-0.15, -0.1) is 0 Å². The fourth-order valence-electron chi connectivity index (χ4n) is 2.30. The Morgan fingerprint density at radius 3 is 2.37 bits per heavy atom. The van der Waals surface area contributed by atoms with Crippen LogP contribution in [0.1, 0.15) is 15.9 Å². The van der Waals surface area contributed by atoms with E-state index in [2.05, 4.69) is 5.32 Å². The molecule has 27 heavy (non-hydrogen) atoms. The van der Waals surface area contributed by atoms with E-state index >= 15 is 0 Å². The van der Waals surface area contributed by atoms with Gasteiger partial charge in [0.2, 0.25) is 10.0 Å².